The van der Waals surface area contributed by atoms with Crippen LogP contribution in [0.25, 0.3) is 0 Å². The fourth-order valence-corrected chi connectivity index (χ4v) is 4.28. The molecule has 0 atom stereocenters. The lowest BCUT2D eigenvalue weighted by molar-refractivity contribution is -0.129. The first kappa shape index (κ1) is 23.4. The van der Waals surface area contributed by atoms with Crippen LogP contribution in [0.15, 0.2) is 24.4 Å². The standard InChI is InChI=1S/C23H31ClN6O3/c1-16(31)29-7-9-30(10-8-29)18-3-4-20(21(13-18)32-2)27-23-26-15-19(24)22(28-23)25-14-17-5-11-33-12-6-17/h3-4,13,15,17H,5-12,14H2,1-2H3,(H2,25,26,27,28). The van der Waals surface area contributed by atoms with Crippen LogP contribution in [-0.4, -0.2) is 73.8 Å². The van der Waals surface area contributed by atoms with Crippen molar-refractivity contribution in [3.63, 3.8) is 0 Å². The molecule has 0 unspecified atom stereocenters. The number of ether oxygens (including phenoxy) is 2. The monoisotopic (exact) mass is 474 g/mol. The maximum Gasteiger partial charge on any atom is 0.229 e. The van der Waals surface area contributed by atoms with Gasteiger partial charge in [0.25, 0.3) is 0 Å². The first-order valence-corrected chi connectivity index (χ1v) is 11.7. The first-order chi connectivity index (χ1) is 16.0. The third-order valence-electron chi connectivity index (χ3n) is 6.16. The Balaban J connectivity index is 1.42. The van der Waals surface area contributed by atoms with Crippen LogP contribution in [0.3, 0.4) is 0 Å². The molecule has 4 rings (SSSR count). The summed E-state index contributed by atoms with van der Waals surface area (Å²) in [4.78, 5) is 24.6. The van der Waals surface area contributed by atoms with E-state index in [2.05, 4.69) is 25.5 Å². The molecule has 0 saturated carbocycles. The molecule has 10 heteroatoms. The van der Waals surface area contributed by atoms with Crippen LogP contribution in [-0.2, 0) is 9.53 Å². The number of rotatable bonds is 7. The molecule has 178 valence electrons. The summed E-state index contributed by atoms with van der Waals surface area (Å²) < 4.78 is 11.1. The Morgan fingerprint density at radius 2 is 2.00 bits per heavy atom. The molecule has 2 aromatic rings. The van der Waals surface area contributed by atoms with Crippen LogP contribution in [0.2, 0.25) is 5.02 Å². The molecule has 9 nitrogen and oxygen atoms in total. The van der Waals surface area contributed by atoms with Gasteiger partial charge < -0.3 is 29.9 Å². The number of hydrogen-bond acceptors (Lipinski definition) is 8. The van der Waals surface area contributed by atoms with Crippen LogP contribution in [0.1, 0.15) is 19.8 Å². The van der Waals surface area contributed by atoms with Crippen molar-refractivity contribution >= 4 is 40.6 Å². The summed E-state index contributed by atoms with van der Waals surface area (Å²) in [6.07, 6.45) is 3.67. The number of carbonyl (C=O) groups is 1. The van der Waals surface area contributed by atoms with Gasteiger partial charge in [-0.1, -0.05) is 11.6 Å². The molecule has 2 fully saturated rings. The first-order valence-electron chi connectivity index (χ1n) is 11.3. The number of hydrogen-bond donors (Lipinski definition) is 2. The zero-order chi connectivity index (χ0) is 23.2. The summed E-state index contributed by atoms with van der Waals surface area (Å²) in [5, 5.41) is 7.09. The molecule has 33 heavy (non-hydrogen) atoms. The van der Waals surface area contributed by atoms with Crippen LogP contribution in [0.4, 0.5) is 23.1 Å². The van der Waals surface area contributed by atoms with Gasteiger partial charge in [0, 0.05) is 64.6 Å². The molecular weight excluding hydrogens is 444 g/mol. The van der Waals surface area contributed by atoms with Crippen LogP contribution < -0.4 is 20.3 Å². The molecule has 2 aliphatic heterocycles. The molecule has 0 spiro atoms. The van der Waals surface area contributed by atoms with E-state index in [9.17, 15) is 4.79 Å². The summed E-state index contributed by atoms with van der Waals surface area (Å²) >= 11 is 6.32. The third-order valence-corrected chi connectivity index (χ3v) is 6.44. The Hall–Kier alpha value is -2.78. The van der Waals surface area contributed by atoms with Gasteiger partial charge in [-0.15, -0.1) is 0 Å². The van der Waals surface area contributed by atoms with Crippen molar-refractivity contribution < 1.29 is 14.3 Å². The Morgan fingerprint density at radius 1 is 1.24 bits per heavy atom. The third kappa shape index (κ3) is 5.97. The highest BCUT2D eigenvalue weighted by molar-refractivity contribution is 6.32. The van der Waals surface area contributed by atoms with Gasteiger partial charge in [0.2, 0.25) is 11.9 Å². The fourth-order valence-electron chi connectivity index (χ4n) is 4.12. The summed E-state index contributed by atoms with van der Waals surface area (Å²) in [6, 6.07) is 5.99. The second-order valence-electron chi connectivity index (χ2n) is 8.33. The van der Waals surface area contributed by atoms with Gasteiger partial charge in [-0.3, -0.25) is 4.79 Å². The van der Waals surface area contributed by atoms with Gasteiger partial charge in [-0.25, -0.2) is 4.98 Å². The molecular formula is C23H31ClN6O3. The number of methoxy groups -OCH3 is 1. The number of piperazine rings is 1. The van der Waals surface area contributed by atoms with E-state index < -0.39 is 0 Å². The SMILES string of the molecule is COc1cc(N2CCN(C(C)=O)CC2)ccc1Nc1ncc(Cl)c(NCC2CCOCC2)n1. The van der Waals surface area contributed by atoms with Crippen LogP contribution in [0.5, 0.6) is 5.75 Å². The van der Waals surface area contributed by atoms with E-state index in [-0.39, 0.29) is 5.91 Å². The van der Waals surface area contributed by atoms with Gasteiger partial charge in [0.1, 0.15) is 10.8 Å². The van der Waals surface area contributed by atoms with Crippen LogP contribution >= 0.6 is 11.6 Å². The molecule has 0 aliphatic carbocycles. The average molecular weight is 475 g/mol. The number of halogens is 1. The van der Waals surface area contributed by atoms with Crippen molar-refractivity contribution in [3.05, 3.63) is 29.4 Å². The van der Waals surface area contributed by atoms with Gasteiger partial charge >= 0.3 is 0 Å². The maximum absolute atomic E-state index is 11.6. The molecule has 0 bridgehead atoms. The second kappa shape index (κ2) is 10.9. The largest absolute Gasteiger partial charge is 0.494 e. The predicted octanol–water partition coefficient (Wildman–Crippen LogP) is 3.39. The van der Waals surface area contributed by atoms with E-state index in [0.29, 0.717) is 28.5 Å². The highest BCUT2D eigenvalue weighted by Gasteiger charge is 2.20. The summed E-state index contributed by atoms with van der Waals surface area (Å²) in [5.41, 5.74) is 1.82. The molecule has 0 radical (unpaired) electrons. The van der Waals surface area contributed by atoms with Crippen LogP contribution in [0, 0.1) is 5.92 Å². The molecule has 2 saturated heterocycles. The lowest BCUT2D eigenvalue weighted by atomic mass is 10.0. The average Bonchev–Trinajstić information content (AvgIpc) is 2.85. The van der Waals surface area contributed by atoms with E-state index in [0.717, 1.165) is 70.2 Å². The number of aromatic nitrogens is 2. The van der Waals surface area contributed by atoms with E-state index in [4.69, 9.17) is 21.1 Å². The quantitative estimate of drug-likeness (QED) is 0.631. The van der Waals surface area contributed by atoms with Crippen molar-refractivity contribution in [1.82, 2.24) is 14.9 Å². The second-order valence-corrected chi connectivity index (χ2v) is 8.74. The van der Waals surface area contributed by atoms with E-state index in [1.807, 2.05) is 23.1 Å². The Labute approximate surface area is 199 Å². The molecule has 2 N–H and O–H groups in total. The minimum atomic E-state index is 0.122. The van der Waals surface area contributed by atoms with Crippen molar-refractivity contribution in [2.45, 2.75) is 19.8 Å². The van der Waals surface area contributed by atoms with Gasteiger partial charge in [0.05, 0.1) is 19.0 Å². The van der Waals surface area contributed by atoms with E-state index in [1.54, 1.807) is 20.2 Å². The number of nitrogens with zero attached hydrogens (tertiary/aromatic N) is 4. The van der Waals surface area contributed by atoms with Gasteiger partial charge in [0.15, 0.2) is 5.82 Å². The fraction of sp³-hybridized carbons (Fsp3) is 0.522. The van der Waals surface area contributed by atoms with E-state index in [1.165, 1.54) is 0 Å². The normalized spacial score (nSPS) is 17.1. The molecule has 3 heterocycles. The Kier molecular flexibility index (Phi) is 7.72. The highest BCUT2D eigenvalue weighted by Crippen LogP contribution is 2.32. The van der Waals surface area contributed by atoms with Gasteiger partial charge in [-0.05, 0) is 30.9 Å². The van der Waals surface area contributed by atoms with E-state index >= 15 is 0 Å². The summed E-state index contributed by atoms with van der Waals surface area (Å²) in [7, 11) is 1.64. The maximum atomic E-state index is 11.6. The number of carbonyl (C=O) groups excluding carboxylic acids is 1. The number of benzene rings is 1. The minimum Gasteiger partial charge on any atom is -0.494 e. The number of anilines is 4. The predicted molar refractivity (Wildman–Crippen MR) is 130 cm³/mol. The summed E-state index contributed by atoms with van der Waals surface area (Å²) in [6.45, 7) is 7.05. The Morgan fingerprint density at radius 3 is 2.70 bits per heavy atom. The van der Waals surface area contributed by atoms with Crippen molar-refractivity contribution in [2.75, 3.05) is 68.6 Å². The lowest BCUT2D eigenvalue weighted by Crippen LogP contribution is -2.48. The minimum absolute atomic E-state index is 0.122. The zero-order valence-corrected chi connectivity index (χ0v) is 19.9. The smallest absolute Gasteiger partial charge is 0.229 e. The van der Waals surface area contributed by atoms with Gasteiger partial charge in [-0.2, -0.15) is 4.98 Å². The number of nitrogens with one attached hydrogen (secondary N) is 2. The molecule has 1 aromatic heterocycles. The molecule has 2 aliphatic rings. The van der Waals surface area contributed by atoms with Crippen molar-refractivity contribution in [1.29, 1.82) is 0 Å². The molecule has 1 aromatic carbocycles. The number of amides is 1. The zero-order valence-electron chi connectivity index (χ0n) is 19.1. The summed E-state index contributed by atoms with van der Waals surface area (Å²) in [5.74, 6) is 2.41. The topological polar surface area (TPSA) is 91.9 Å². The van der Waals surface area contributed by atoms with Crippen molar-refractivity contribution in [2.24, 2.45) is 5.92 Å². The Bertz CT molecular complexity index is 961. The highest BCUT2D eigenvalue weighted by atomic mass is 35.5. The van der Waals surface area contributed by atoms with Crippen molar-refractivity contribution in [3.8, 4) is 5.75 Å². The lowest BCUT2D eigenvalue weighted by Gasteiger charge is -2.35. The molecule has 1 amide bonds.